The molecule has 1 aromatic rings. The molecule has 5 heteroatoms. The summed E-state index contributed by atoms with van der Waals surface area (Å²) < 4.78 is 19.1. The van der Waals surface area contributed by atoms with Crippen LogP contribution in [0.5, 0.6) is 5.75 Å². The van der Waals surface area contributed by atoms with Crippen LogP contribution in [0.2, 0.25) is 0 Å². The Bertz CT molecular complexity index is 472. The average molecular weight is 272 g/mol. The summed E-state index contributed by atoms with van der Waals surface area (Å²) in [6.07, 6.45) is 2.01. The van der Waals surface area contributed by atoms with E-state index in [4.69, 9.17) is 4.74 Å². The molecule has 1 saturated heterocycles. The van der Waals surface area contributed by atoms with Gasteiger partial charge in [0.25, 0.3) is 0 Å². The van der Waals surface area contributed by atoms with Gasteiger partial charge in [-0.2, -0.15) is 0 Å². The Labute approximate surface area is 111 Å². The van der Waals surface area contributed by atoms with Crippen molar-refractivity contribution in [2.75, 3.05) is 13.1 Å². The standard InChI is InChI=1S/C13H14FNO2.ClH/c14-9-1-2-10-11(16)8-13(17-12(10)7-9)3-5-15-6-4-13;/h1-2,7,15H,3-6,8H2;1H. The van der Waals surface area contributed by atoms with Crippen molar-refractivity contribution in [1.82, 2.24) is 5.32 Å². The average Bonchev–Trinajstić information content (AvgIpc) is 2.29. The molecule has 1 aromatic carbocycles. The van der Waals surface area contributed by atoms with Crippen LogP contribution in [0.1, 0.15) is 29.6 Å². The quantitative estimate of drug-likeness (QED) is 0.787. The molecular weight excluding hydrogens is 257 g/mol. The zero-order valence-corrected chi connectivity index (χ0v) is 10.7. The van der Waals surface area contributed by atoms with Crippen LogP contribution in [0.25, 0.3) is 0 Å². The van der Waals surface area contributed by atoms with Gasteiger partial charge < -0.3 is 10.1 Å². The lowest BCUT2D eigenvalue weighted by atomic mass is 9.83. The van der Waals surface area contributed by atoms with Gasteiger partial charge in [0.1, 0.15) is 17.2 Å². The van der Waals surface area contributed by atoms with E-state index in [9.17, 15) is 9.18 Å². The van der Waals surface area contributed by atoms with Gasteiger partial charge in [0.2, 0.25) is 0 Å². The second-order valence-corrected chi connectivity index (χ2v) is 4.78. The van der Waals surface area contributed by atoms with Gasteiger partial charge in [-0.1, -0.05) is 0 Å². The Kier molecular flexibility index (Phi) is 3.59. The van der Waals surface area contributed by atoms with E-state index >= 15 is 0 Å². The number of benzene rings is 1. The minimum absolute atomic E-state index is 0. The number of hydrogen-bond acceptors (Lipinski definition) is 3. The molecule has 0 bridgehead atoms. The lowest BCUT2D eigenvalue weighted by Crippen LogP contribution is -2.49. The van der Waals surface area contributed by atoms with E-state index in [1.165, 1.54) is 18.2 Å². The summed E-state index contributed by atoms with van der Waals surface area (Å²) in [5.74, 6) is 0.110. The van der Waals surface area contributed by atoms with E-state index in [1.54, 1.807) is 0 Å². The monoisotopic (exact) mass is 271 g/mol. The zero-order valence-electron chi connectivity index (χ0n) is 9.87. The summed E-state index contributed by atoms with van der Waals surface area (Å²) in [4.78, 5) is 12.0. The van der Waals surface area contributed by atoms with Crippen LogP contribution in [0, 0.1) is 5.82 Å². The number of hydrogen-bond donors (Lipinski definition) is 1. The molecule has 0 atom stereocenters. The van der Waals surface area contributed by atoms with Gasteiger partial charge in [-0.05, 0) is 25.2 Å². The molecule has 0 saturated carbocycles. The maximum Gasteiger partial charge on any atom is 0.170 e. The van der Waals surface area contributed by atoms with E-state index in [0.29, 0.717) is 17.7 Å². The molecule has 1 spiro atoms. The van der Waals surface area contributed by atoms with Gasteiger partial charge in [-0.3, -0.25) is 4.79 Å². The fraction of sp³-hybridized carbons (Fsp3) is 0.462. The molecule has 98 valence electrons. The lowest BCUT2D eigenvalue weighted by Gasteiger charge is -2.40. The summed E-state index contributed by atoms with van der Waals surface area (Å²) >= 11 is 0. The van der Waals surface area contributed by atoms with Crippen LogP contribution in [0.4, 0.5) is 4.39 Å². The molecule has 0 unspecified atom stereocenters. The smallest absolute Gasteiger partial charge is 0.170 e. The second-order valence-electron chi connectivity index (χ2n) is 4.78. The molecule has 0 amide bonds. The molecule has 0 radical (unpaired) electrons. The first kappa shape index (κ1) is 13.3. The summed E-state index contributed by atoms with van der Waals surface area (Å²) in [7, 11) is 0. The number of ketones is 1. The number of nitrogens with one attached hydrogen (secondary N) is 1. The topological polar surface area (TPSA) is 38.3 Å². The highest BCUT2D eigenvalue weighted by Crippen LogP contribution is 2.38. The summed E-state index contributed by atoms with van der Waals surface area (Å²) in [6.45, 7) is 1.69. The molecule has 3 rings (SSSR count). The van der Waals surface area contributed by atoms with Crippen LogP contribution in [0.15, 0.2) is 18.2 Å². The van der Waals surface area contributed by atoms with Crippen molar-refractivity contribution in [3.05, 3.63) is 29.6 Å². The normalized spacial score (nSPS) is 20.8. The molecule has 0 aromatic heterocycles. The van der Waals surface area contributed by atoms with E-state index < -0.39 is 5.60 Å². The predicted octanol–water partition coefficient (Wildman–Crippen LogP) is 2.33. The molecule has 3 nitrogen and oxygen atoms in total. The first-order chi connectivity index (χ1) is 8.19. The van der Waals surface area contributed by atoms with Gasteiger partial charge in [0, 0.05) is 18.9 Å². The van der Waals surface area contributed by atoms with Crippen molar-refractivity contribution in [1.29, 1.82) is 0 Å². The first-order valence-corrected chi connectivity index (χ1v) is 5.91. The lowest BCUT2D eigenvalue weighted by molar-refractivity contribution is 0.0185. The third-order valence-corrected chi connectivity index (χ3v) is 3.57. The largest absolute Gasteiger partial charge is 0.486 e. The summed E-state index contributed by atoms with van der Waals surface area (Å²) in [5.41, 5.74) is 0.0962. The predicted molar refractivity (Wildman–Crippen MR) is 68.1 cm³/mol. The Balaban J connectivity index is 0.00000120. The van der Waals surface area contributed by atoms with Crippen molar-refractivity contribution >= 4 is 18.2 Å². The summed E-state index contributed by atoms with van der Waals surface area (Å²) in [5, 5.41) is 3.24. The van der Waals surface area contributed by atoms with Crippen molar-refractivity contribution < 1.29 is 13.9 Å². The van der Waals surface area contributed by atoms with Crippen LogP contribution in [-0.2, 0) is 0 Å². The minimum atomic E-state index is -0.414. The number of fused-ring (bicyclic) bond motifs is 1. The molecule has 1 N–H and O–H groups in total. The zero-order chi connectivity index (χ0) is 11.9. The number of piperidine rings is 1. The maximum atomic E-state index is 13.2. The van der Waals surface area contributed by atoms with Crippen LogP contribution in [-0.4, -0.2) is 24.5 Å². The Hall–Kier alpha value is -1.13. The van der Waals surface area contributed by atoms with Gasteiger partial charge in [0.15, 0.2) is 5.78 Å². The Morgan fingerprint density at radius 1 is 1.28 bits per heavy atom. The number of Topliss-reactive ketones (excluding diaryl/α,β-unsaturated/α-hetero) is 1. The molecular formula is C13H15ClFNO2. The van der Waals surface area contributed by atoms with E-state index in [-0.39, 0.29) is 24.0 Å². The highest BCUT2D eigenvalue weighted by molar-refractivity contribution is 6.00. The fourth-order valence-electron chi connectivity index (χ4n) is 2.63. The third kappa shape index (κ3) is 2.22. The van der Waals surface area contributed by atoms with Gasteiger partial charge in [-0.15, -0.1) is 12.4 Å². The third-order valence-electron chi connectivity index (χ3n) is 3.57. The Morgan fingerprint density at radius 3 is 2.72 bits per heavy atom. The SMILES string of the molecule is Cl.O=C1CC2(CCNCC2)Oc2cc(F)ccc21. The van der Waals surface area contributed by atoms with Crippen LogP contribution >= 0.6 is 12.4 Å². The van der Waals surface area contributed by atoms with Gasteiger partial charge >= 0.3 is 0 Å². The molecule has 2 aliphatic rings. The van der Waals surface area contributed by atoms with Crippen LogP contribution < -0.4 is 10.1 Å². The number of ether oxygens (including phenoxy) is 1. The first-order valence-electron chi connectivity index (χ1n) is 5.91. The van der Waals surface area contributed by atoms with Crippen molar-refractivity contribution in [3.8, 4) is 5.75 Å². The van der Waals surface area contributed by atoms with E-state index in [2.05, 4.69) is 5.32 Å². The number of halogens is 2. The number of carbonyl (C=O) groups excluding carboxylic acids is 1. The van der Waals surface area contributed by atoms with Crippen LogP contribution in [0.3, 0.4) is 0 Å². The van der Waals surface area contributed by atoms with Gasteiger partial charge in [0.05, 0.1) is 12.0 Å². The molecule has 2 heterocycles. The molecule has 18 heavy (non-hydrogen) atoms. The molecule has 2 aliphatic heterocycles. The number of carbonyl (C=O) groups is 1. The minimum Gasteiger partial charge on any atom is -0.486 e. The van der Waals surface area contributed by atoms with Crippen molar-refractivity contribution in [2.45, 2.75) is 24.9 Å². The van der Waals surface area contributed by atoms with E-state index in [1.807, 2.05) is 0 Å². The highest BCUT2D eigenvalue weighted by atomic mass is 35.5. The van der Waals surface area contributed by atoms with Crippen molar-refractivity contribution in [2.24, 2.45) is 0 Å². The maximum absolute atomic E-state index is 13.2. The Morgan fingerprint density at radius 2 is 2.00 bits per heavy atom. The second kappa shape index (κ2) is 4.86. The molecule has 1 fully saturated rings. The van der Waals surface area contributed by atoms with Crippen molar-refractivity contribution in [3.63, 3.8) is 0 Å². The fourth-order valence-corrected chi connectivity index (χ4v) is 2.63. The van der Waals surface area contributed by atoms with E-state index in [0.717, 1.165) is 25.9 Å². The highest BCUT2D eigenvalue weighted by Gasteiger charge is 2.41. The van der Waals surface area contributed by atoms with Gasteiger partial charge in [-0.25, -0.2) is 4.39 Å². The number of rotatable bonds is 0. The summed E-state index contributed by atoms with van der Waals surface area (Å²) in [6, 6.07) is 4.14. The molecule has 0 aliphatic carbocycles.